The van der Waals surface area contributed by atoms with Crippen molar-refractivity contribution in [1.29, 1.82) is 5.26 Å². The van der Waals surface area contributed by atoms with Gasteiger partial charge in [0.15, 0.2) is 17.7 Å². The maximum Gasteiger partial charge on any atom is 0.184 e. The molecule has 0 heterocycles. The molecular weight excluding hydrogens is 197 g/mol. The van der Waals surface area contributed by atoms with Crippen LogP contribution in [0.4, 0.5) is 4.39 Å². The zero-order valence-corrected chi connectivity index (χ0v) is 8.24. The lowest BCUT2D eigenvalue weighted by Gasteiger charge is -2.10. The van der Waals surface area contributed by atoms with Crippen molar-refractivity contribution in [2.75, 3.05) is 0 Å². The Morgan fingerprint density at radius 2 is 2.40 bits per heavy atom. The second kappa shape index (κ2) is 5.11. The summed E-state index contributed by atoms with van der Waals surface area (Å²) in [5.41, 5.74) is 0.241. The molecule has 0 spiro atoms. The predicted octanol–water partition coefficient (Wildman–Crippen LogP) is 2.32. The van der Waals surface area contributed by atoms with Crippen molar-refractivity contribution < 1.29 is 13.9 Å². The van der Waals surface area contributed by atoms with Crippen molar-refractivity contribution in [3.63, 3.8) is 0 Å². The van der Waals surface area contributed by atoms with Crippen molar-refractivity contribution in [1.82, 2.24) is 0 Å². The van der Waals surface area contributed by atoms with E-state index in [4.69, 9.17) is 10.00 Å². The number of carbonyl (C=O) groups excluding carboxylic acids is 1. The van der Waals surface area contributed by atoms with Gasteiger partial charge in [0.1, 0.15) is 12.4 Å². The fourth-order valence-electron chi connectivity index (χ4n) is 1.04. The van der Waals surface area contributed by atoms with E-state index in [1.54, 1.807) is 6.92 Å². The van der Waals surface area contributed by atoms with Gasteiger partial charge in [0.25, 0.3) is 0 Å². The number of nitrogens with zero attached hydrogens (tertiary/aromatic N) is 1. The van der Waals surface area contributed by atoms with Crippen LogP contribution in [0.3, 0.4) is 0 Å². The summed E-state index contributed by atoms with van der Waals surface area (Å²) in [6.07, 6.45) is 0.362. The summed E-state index contributed by atoms with van der Waals surface area (Å²) in [4.78, 5) is 10.3. The third kappa shape index (κ3) is 2.78. The monoisotopic (exact) mass is 207 g/mol. The van der Waals surface area contributed by atoms with Crippen LogP contribution in [0, 0.1) is 17.1 Å². The molecule has 3 nitrogen and oxygen atoms in total. The van der Waals surface area contributed by atoms with Gasteiger partial charge in [-0.2, -0.15) is 5.26 Å². The minimum Gasteiger partial charge on any atom is -0.473 e. The maximum absolute atomic E-state index is 13.3. The molecule has 1 unspecified atom stereocenters. The van der Waals surface area contributed by atoms with E-state index in [0.717, 1.165) is 6.07 Å². The first-order valence-corrected chi connectivity index (χ1v) is 4.52. The second-order valence-corrected chi connectivity index (χ2v) is 2.95. The molecule has 1 aromatic rings. The van der Waals surface area contributed by atoms with Crippen LogP contribution in [0.1, 0.15) is 23.7 Å². The van der Waals surface area contributed by atoms with Crippen molar-refractivity contribution in [2.45, 2.75) is 19.4 Å². The van der Waals surface area contributed by atoms with Crippen LogP contribution in [0.2, 0.25) is 0 Å². The fourth-order valence-corrected chi connectivity index (χ4v) is 1.04. The molecule has 4 heteroatoms. The van der Waals surface area contributed by atoms with Gasteiger partial charge in [-0.05, 0) is 24.6 Å². The summed E-state index contributed by atoms with van der Waals surface area (Å²) >= 11 is 0. The largest absolute Gasteiger partial charge is 0.473 e. The highest BCUT2D eigenvalue weighted by atomic mass is 19.1. The normalized spacial score (nSPS) is 11.5. The summed E-state index contributed by atoms with van der Waals surface area (Å²) in [5, 5.41) is 8.63. The number of carbonyl (C=O) groups is 1. The first kappa shape index (κ1) is 11.2. The Bertz CT molecular complexity index is 398. The van der Waals surface area contributed by atoms with Gasteiger partial charge >= 0.3 is 0 Å². The summed E-state index contributed by atoms with van der Waals surface area (Å²) in [7, 11) is 0. The zero-order valence-electron chi connectivity index (χ0n) is 8.24. The standard InChI is InChI=1S/C11H10FNO2/c1-2-9(6-13)15-11-4-3-8(7-14)5-10(11)12/h3-5,7,9H,2H2,1H3. The van der Waals surface area contributed by atoms with Crippen molar-refractivity contribution in [3.05, 3.63) is 29.6 Å². The molecule has 0 aliphatic heterocycles. The summed E-state index contributed by atoms with van der Waals surface area (Å²) < 4.78 is 18.4. The van der Waals surface area contributed by atoms with Crippen molar-refractivity contribution in [2.24, 2.45) is 0 Å². The van der Waals surface area contributed by atoms with E-state index in [-0.39, 0.29) is 11.3 Å². The quantitative estimate of drug-likeness (QED) is 0.712. The number of benzene rings is 1. The number of hydrogen-bond acceptors (Lipinski definition) is 3. The van der Waals surface area contributed by atoms with Gasteiger partial charge in [0.05, 0.1) is 0 Å². The Labute approximate surface area is 87.1 Å². The van der Waals surface area contributed by atoms with E-state index in [1.165, 1.54) is 12.1 Å². The van der Waals surface area contributed by atoms with Crippen LogP contribution in [-0.2, 0) is 0 Å². The number of aldehydes is 1. The molecule has 0 aliphatic carbocycles. The Morgan fingerprint density at radius 1 is 1.67 bits per heavy atom. The lowest BCUT2D eigenvalue weighted by Crippen LogP contribution is -2.13. The third-order valence-electron chi connectivity index (χ3n) is 1.88. The third-order valence-corrected chi connectivity index (χ3v) is 1.88. The predicted molar refractivity (Wildman–Crippen MR) is 52.1 cm³/mol. The fraction of sp³-hybridized carbons (Fsp3) is 0.273. The average Bonchev–Trinajstić information content (AvgIpc) is 2.27. The molecular formula is C11H10FNO2. The number of rotatable bonds is 4. The smallest absolute Gasteiger partial charge is 0.184 e. The highest BCUT2D eigenvalue weighted by Gasteiger charge is 2.10. The van der Waals surface area contributed by atoms with E-state index in [1.807, 2.05) is 6.07 Å². The molecule has 0 aromatic heterocycles. The molecule has 1 aromatic carbocycles. The molecule has 0 radical (unpaired) electrons. The highest BCUT2D eigenvalue weighted by molar-refractivity contribution is 5.74. The molecule has 0 aliphatic rings. The number of halogens is 1. The van der Waals surface area contributed by atoms with Crippen LogP contribution in [-0.4, -0.2) is 12.4 Å². The first-order chi connectivity index (χ1) is 7.21. The Kier molecular flexibility index (Phi) is 3.81. The van der Waals surface area contributed by atoms with Gasteiger partial charge in [0, 0.05) is 5.56 Å². The first-order valence-electron chi connectivity index (χ1n) is 4.52. The molecule has 0 N–H and O–H groups in total. The van der Waals surface area contributed by atoms with Crippen LogP contribution >= 0.6 is 0 Å². The number of ether oxygens (including phenoxy) is 1. The molecule has 0 amide bonds. The molecule has 1 rings (SSSR count). The maximum atomic E-state index is 13.3. The molecule has 78 valence electrons. The zero-order chi connectivity index (χ0) is 11.3. The Hall–Kier alpha value is -1.89. The number of hydrogen-bond donors (Lipinski definition) is 0. The van der Waals surface area contributed by atoms with Crippen LogP contribution in [0.5, 0.6) is 5.75 Å². The van der Waals surface area contributed by atoms with E-state index < -0.39 is 11.9 Å². The summed E-state index contributed by atoms with van der Waals surface area (Å²) in [5.74, 6) is -0.637. The Balaban J connectivity index is 2.87. The van der Waals surface area contributed by atoms with E-state index in [0.29, 0.717) is 12.7 Å². The molecule has 15 heavy (non-hydrogen) atoms. The Morgan fingerprint density at radius 3 is 2.87 bits per heavy atom. The topological polar surface area (TPSA) is 50.1 Å². The lowest BCUT2D eigenvalue weighted by molar-refractivity contribution is 0.112. The minimum atomic E-state index is -0.665. The van der Waals surface area contributed by atoms with Gasteiger partial charge < -0.3 is 4.74 Å². The van der Waals surface area contributed by atoms with Crippen LogP contribution < -0.4 is 4.74 Å². The number of nitriles is 1. The van der Waals surface area contributed by atoms with Gasteiger partial charge in [-0.15, -0.1) is 0 Å². The summed E-state index contributed by atoms with van der Waals surface area (Å²) in [6.45, 7) is 1.77. The molecule has 0 saturated heterocycles. The van der Waals surface area contributed by atoms with Crippen molar-refractivity contribution >= 4 is 6.29 Å². The molecule has 0 saturated carbocycles. The van der Waals surface area contributed by atoms with Crippen molar-refractivity contribution in [3.8, 4) is 11.8 Å². The van der Waals surface area contributed by atoms with E-state index >= 15 is 0 Å². The molecule has 0 fully saturated rings. The molecule has 1 atom stereocenters. The summed E-state index contributed by atoms with van der Waals surface area (Å²) in [6, 6.07) is 5.76. The highest BCUT2D eigenvalue weighted by Crippen LogP contribution is 2.19. The average molecular weight is 207 g/mol. The van der Waals surface area contributed by atoms with E-state index in [2.05, 4.69) is 0 Å². The van der Waals surface area contributed by atoms with E-state index in [9.17, 15) is 9.18 Å². The van der Waals surface area contributed by atoms with Gasteiger partial charge in [-0.3, -0.25) is 4.79 Å². The van der Waals surface area contributed by atoms with Gasteiger partial charge in [-0.25, -0.2) is 4.39 Å². The lowest BCUT2D eigenvalue weighted by atomic mass is 10.2. The van der Waals surface area contributed by atoms with Gasteiger partial charge in [0.2, 0.25) is 0 Å². The second-order valence-electron chi connectivity index (χ2n) is 2.95. The molecule has 0 bridgehead atoms. The van der Waals surface area contributed by atoms with Crippen LogP contribution in [0.25, 0.3) is 0 Å². The van der Waals surface area contributed by atoms with Crippen LogP contribution in [0.15, 0.2) is 18.2 Å². The minimum absolute atomic E-state index is 0.00556. The SMILES string of the molecule is CCC(C#N)Oc1ccc(C=O)cc1F. The van der Waals surface area contributed by atoms with Gasteiger partial charge in [-0.1, -0.05) is 6.92 Å².